The molecule has 1 aliphatic rings. The molecule has 0 heterocycles. The van der Waals surface area contributed by atoms with Crippen molar-refractivity contribution >= 4 is 0 Å². The van der Waals surface area contributed by atoms with Crippen molar-refractivity contribution in [3.05, 3.63) is 89.5 Å². The van der Waals surface area contributed by atoms with Gasteiger partial charge in [-0.05, 0) is 65.6 Å². The third-order valence-electron chi connectivity index (χ3n) is 4.74. The van der Waals surface area contributed by atoms with Crippen LogP contribution in [0.5, 0.6) is 5.75 Å². The summed E-state index contributed by atoms with van der Waals surface area (Å²) in [5.41, 5.74) is 6.96. The van der Waals surface area contributed by atoms with Gasteiger partial charge in [-0.2, -0.15) is 0 Å². The summed E-state index contributed by atoms with van der Waals surface area (Å²) in [7, 11) is 0. The quantitative estimate of drug-likeness (QED) is 0.417. The summed E-state index contributed by atoms with van der Waals surface area (Å²) in [6.07, 6.45) is 4.41. The molecule has 0 unspecified atom stereocenters. The number of aryl methyl sites for hydroxylation is 1. The first-order valence-corrected chi connectivity index (χ1v) is 8.78. The standard InChI is InChI=1S/C23H22O/c1-2-8-18(9-3-1)10-6-7-15-24-21-13-14-23-20(17-21)16-19-11-4-5-12-22(19)23/h1-5,8-9,11-14,17H,6-7,10,15-16H2. The van der Waals surface area contributed by atoms with Gasteiger partial charge in [0, 0.05) is 0 Å². The van der Waals surface area contributed by atoms with Crippen LogP contribution in [-0.2, 0) is 12.8 Å². The molecule has 0 N–H and O–H groups in total. The predicted octanol–water partition coefficient (Wildman–Crippen LogP) is 5.66. The third-order valence-corrected chi connectivity index (χ3v) is 4.74. The fraction of sp³-hybridized carbons (Fsp3) is 0.217. The molecule has 1 nitrogen and oxygen atoms in total. The Morgan fingerprint density at radius 2 is 1.50 bits per heavy atom. The van der Waals surface area contributed by atoms with Crippen molar-refractivity contribution in [1.82, 2.24) is 0 Å². The highest BCUT2D eigenvalue weighted by atomic mass is 16.5. The molecule has 1 heteroatoms. The van der Waals surface area contributed by atoms with Crippen molar-refractivity contribution in [2.45, 2.75) is 25.7 Å². The van der Waals surface area contributed by atoms with Gasteiger partial charge in [0.2, 0.25) is 0 Å². The Balaban J connectivity index is 1.30. The number of rotatable bonds is 6. The molecule has 0 aliphatic heterocycles. The van der Waals surface area contributed by atoms with Gasteiger partial charge in [-0.15, -0.1) is 0 Å². The fourth-order valence-corrected chi connectivity index (χ4v) is 3.48. The lowest BCUT2D eigenvalue weighted by molar-refractivity contribution is 0.307. The first-order valence-electron chi connectivity index (χ1n) is 8.78. The van der Waals surface area contributed by atoms with E-state index in [0.717, 1.165) is 31.6 Å². The highest BCUT2D eigenvalue weighted by Gasteiger charge is 2.17. The summed E-state index contributed by atoms with van der Waals surface area (Å²) in [6, 6.07) is 25.9. The van der Waals surface area contributed by atoms with Gasteiger partial charge in [0.05, 0.1) is 6.61 Å². The second-order valence-electron chi connectivity index (χ2n) is 6.44. The largest absolute Gasteiger partial charge is 0.494 e. The molecule has 24 heavy (non-hydrogen) atoms. The van der Waals surface area contributed by atoms with Crippen LogP contribution in [0.4, 0.5) is 0 Å². The van der Waals surface area contributed by atoms with Crippen LogP contribution >= 0.6 is 0 Å². The van der Waals surface area contributed by atoms with Crippen LogP contribution in [0.15, 0.2) is 72.8 Å². The monoisotopic (exact) mass is 314 g/mol. The lowest BCUT2D eigenvalue weighted by Gasteiger charge is -2.08. The Hall–Kier alpha value is -2.54. The van der Waals surface area contributed by atoms with Gasteiger partial charge in [0.25, 0.3) is 0 Å². The molecule has 1 aliphatic carbocycles. The second kappa shape index (κ2) is 6.92. The predicted molar refractivity (Wildman–Crippen MR) is 99.6 cm³/mol. The smallest absolute Gasteiger partial charge is 0.119 e. The lowest BCUT2D eigenvalue weighted by atomic mass is 10.1. The Bertz CT molecular complexity index is 820. The highest BCUT2D eigenvalue weighted by molar-refractivity contribution is 5.77. The molecule has 120 valence electrons. The van der Waals surface area contributed by atoms with Gasteiger partial charge in [0.1, 0.15) is 5.75 Å². The number of ether oxygens (including phenoxy) is 1. The maximum absolute atomic E-state index is 5.97. The maximum atomic E-state index is 5.97. The summed E-state index contributed by atoms with van der Waals surface area (Å²) in [5, 5.41) is 0. The molecule has 0 radical (unpaired) electrons. The van der Waals surface area contributed by atoms with Crippen LogP contribution in [0.25, 0.3) is 11.1 Å². The van der Waals surface area contributed by atoms with E-state index in [-0.39, 0.29) is 0 Å². The lowest BCUT2D eigenvalue weighted by Crippen LogP contribution is -1.99. The number of unbranched alkanes of at least 4 members (excludes halogenated alkanes) is 1. The maximum Gasteiger partial charge on any atom is 0.119 e. The molecule has 0 bridgehead atoms. The summed E-state index contributed by atoms with van der Waals surface area (Å²) in [4.78, 5) is 0. The Labute approximate surface area is 143 Å². The van der Waals surface area contributed by atoms with Crippen molar-refractivity contribution in [1.29, 1.82) is 0 Å². The average Bonchev–Trinajstić information content (AvgIpc) is 3.00. The van der Waals surface area contributed by atoms with Crippen molar-refractivity contribution in [3.63, 3.8) is 0 Å². The molecule has 0 atom stereocenters. The zero-order valence-electron chi connectivity index (χ0n) is 13.9. The van der Waals surface area contributed by atoms with E-state index in [1.807, 2.05) is 0 Å². The van der Waals surface area contributed by atoms with E-state index in [0.29, 0.717) is 0 Å². The first kappa shape index (κ1) is 15.0. The van der Waals surface area contributed by atoms with E-state index in [2.05, 4.69) is 72.8 Å². The summed E-state index contributed by atoms with van der Waals surface area (Å²) in [5.74, 6) is 1.00. The van der Waals surface area contributed by atoms with E-state index in [9.17, 15) is 0 Å². The molecule has 3 aromatic carbocycles. The van der Waals surface area contributed by atoms with E-state index in [1.54, 1.807) is 0 Å². The number of fused-ring (bicyclic) bond motifs is 3. The average molecular weight is 314 g/mol. The molecule has 0 saturated carbocycles. The molecule has 0 aromatic heterocycles. The molecule has 0 spiro atoms. The molecular formula is C23H22O. The van der Waals surface area contributed by atoms with Gasteiger partial charge in [-0.1, -0.05) is 60.7 Å². The minimum absolute atomic E-state index is 0.790. The first-order chi connectivity index (χ1) is 11.9. The van der Waals surface area contributed by atoms with Crippen LogP contribution in [0.1, 0.15) is 29.5 Å². The van der Waals surface area contributed by atoms with E-state index in [4.69, 9.17) is 4.74 Å². The van der Waals surface area contributed by atoms with E-state index in [1.165, 1.54) is 34.2 Å². The molecule has 0 amide bonds. The summed E-state index contributed by atoms with van der Waals surface area (Å²) < 4.78 is 5.97. The van der Waals surface area contributed by atoms with Crippen molar-refractivity contribution in [2.75, 3.05) is 6.61 Å². The van der Waals surface area contributed by atoms with Gasteiger partial charge in [0.15, 0.2) is 0 Å². The van der Waals surface area contributed by atoms with E-state index < -0.39 is 0 Å². The SMILES string of the molecule is c1ccc(CCCCOc2ccc3c(c2)Cc2ccccc2-3)cc1. The number of hydrogen-bond acceptors (Lipinski definition) is 1. The van der Waals surface area contributed by atoms with Gasteiger partial charge < -0.3 is 4.74 Å². The number of hydrogen-bond donors (Lipinski definition) is 0. The molecule has 0 saturated heterocycles. The number of benzene rings is 3. The fourth-order valence-electron chi connectivity index (χ4n) is 3.48. The van der Waals surface area contributed by atoms with Crippen LogP contribution < -0.4 is 4.74 Å². The Morgan fingerprint density at radius 3 is 2.42 bits per heavy atom. The van der Waals surface area contributed by atoms with Gasteiger partial charge >= 0.3 is 0 Å². The zero-order valence-corrected chi connectivity index (χ0v) is 13.9. The topological polar surface area (TPSA) is 9.23 Å². The van der Waals surface area contributed by atoms with Gasteiger partial charge in [-0.25, -0.2) is 0 Å². The zero-order chi connectivity index (χ0) is 16.2. The molecular weight excluding hydrogens is 292 g/mol. The normalized spacial score (nSPS) is 11.8. The van der Waals surface area contributed by atoms with Crippen LogP contribution in [0, 0.1) is 0 Å². The minimum atomic E-state index is 0.790. The molecule has 4 rings (SSSR count). The summed E-state index contributed by atoms with van der Waals surface area (Å²) in [6.45, 7) is 0.790. The Kier molecular flexibility index (Phi) is 4.33. The minimum Gasteiger partial charge on any atom is -0.494 e. The van der Waals surface area contributed by atoms with E-state index >= 15 is 0 Å². The van der Waals surface area contributed by atoms with Crippen molar-refractivity contribution in [3.8, 4) is 16.9 Å². The van der Waals surface area contributed by atoms with Crippen LogP contribution in [0.3, 0.4) is 0 Å². The Morgan fingerprint density at radius 1 is 0.708 bits per heavy atom. The van der Waals surface area contributed by atoms with Crippen molar-refractivity contribution in [2.24, 2.45) is 0 Å². The summed E-state index contributed by atoms with van der Waals surface area (Å²) >= 11 is 0. The third kappa shape index (κ3) is 3.21. The van der Waals surface area contributed by atoms with Crippen LogP contribution in [-0.4, -0.2) is 6.61 Å². The highest BCUT2D eigenvalue weighted by Crippen LogP contribution is 2.38. The second-order valence-corrected chi connectivity index (χ2v) is 6.44. The molecule has 0 fully saturated rings. The van der Waals surface area contributed by atoms with Crippen molar-refractivity contribution < 1.29 is 4.74 Å². The molecule has 3 aromatic rings. The van der Waals surface area contributed by atoms with Crippen LogP contribution in [0.2, 0.25) is 0 Å². The van der Waals surface area contributed by atoms with Gasteiger partial charge in [-0.3, -0.25) is 0 Å².